The highest BCUT2D eigenvalue weighted by molar-refractivity contribution is 14.0. The van der Waals surface area contributed by atoms with Crippen molar-refractivity contribution in [2.45, 2.75) is 32.3 Å². The summed E-state index contributed by atoms with van der Waals surface area (Å²) < 4.78 is 16.5. The lowest BCUT2D eigenvalue weighted by Gasteiger charge is -2.36. The smallest absolute Gasteiger partial charge is 0.289 e. The summed E-state index contributed by atoms with van der Waals surface area (Å²) in [5, 5.41) is 3.35. The Balaban J connectivity index is 0.00000300. The Morgan fingerprint density at radius 2 is 2.10 bits per heavy atom. The van der Waals surface area contributed by atoms with E-state index in [1.807, 2.05) is 4.90 Å². The molecule has 1 aromatic rings. The van der Waals surface area contributed by atoms with Gasteiger partial charge in [-0.1, -0.05) is 0 Å². The van der Waals surface area contributed by atoms with Crippen molar-refractivity contribution in [3.8, 4) is 0 Å². The summed E-state index contributed by atoms with van der Waals surface area (Å²) in [6.45, 7) is 8.70. The van der Waals surface area contributed by atoms with Gasteiger partial charge in [-0.05, 0) is 38.3 Å². The van der Waals surface area contributed by atoms with Crippen LogP contribution in [0.1, 0.15) is 36.7 Å². The molecule has 3 heterocycles. The second kappa shape index (κ2) is 13.1. The van der Waals surface area contributed by atoms with Gasteiger partial charge in [0.1, 0.15) is 0 Å². The van der Waals surface area contributed by atoms with Crippen molar-refractivity contribution in [1.82, 2.24) is 15.1 Å². The zero-order valence-corrected chi connectivity index (χ0v) is 19.5. The molecule has 1 amide bonds. The first-order valence-electron chi connectivity index (χ1n) is 10.3. The first-order chi connectivity index (χ1) is 13.8. The summed E-state index contributed by atoms with van der Waals surface area (Å²) in [6, 6.07) is 3.45. The molecule has 9 heteroatoms. The molecule has 0 aliphatic carbocycles. The Labute approximate surface area is 190 Å². The van der Waals surface area contributed by atoms with Gasteiger partial charge in [0.15, 0.2) is 11.7 Å². The van der Waals surface area contributed by atoms with Crippen molar-refractivity contribution in [3.05, 3.63) is 24.2 Å². The molecule has 29 heavy (non-hydrogen) atoms. The van der Waals surface area contributed by atoms with Gasteiger partial charge >= 0.3 is 0 Å². The highest BCUT2D eigenvalue weighted by atomic mass is 127. The zero-order chi connectivity index (χ0) is 19.6. The van der Waals surface area contributed by atoms with Crippen molar-refractivity contribution in [3.63, 3.8) is 0 Å². The summed E-state index contributed by atoms with van der Waals surface area (Å²) in [5.41, 5.74) is 0. The van der Waals surface area contributed by atoms with Crippen LogP contribution in [0.3, 0.4) is 0 Å². The van der Waals surface area contributed by atoms with Crippen LogP contribution in [-0.4, -0.2) is 86.9 Å². The number of carbonyl (C=O) groups excluding carboxylic acids is 1. The number of nitrogens with one attached hydrogen (secondary N) is 1. The van der Waals surface area contributed by atoms with Gasteiger partial charge in [0.25, 0.3) is 5.91 Å². The Kier molecular flexibility index (Phi) is 10.8. The molecule has 0 bridgehead atoms. The van der Waals surface area contributed by atoms with Crippen molar-refractivity contribution >= 4 is 35.8 Å². The van der Waals surface area contributed by atoms with Gasteiger partial charge in [0.2, 0.25) is 0 Å². The van der Waals surface area contributed by atoms with Gasteiger partial charge in [-0.25, -0.2) is 0 Å². The molecule has 0 saturated carbocycles. The first kappa shape index (κ1) is 23.9. The number of nitrogens with zero attached hydrogens (tertiary/aromatic N) is 3. The number of rotatable bonds is 8. The Morgan fingerprint density at radius 1 is 1.31 bits per heavy atom. The summed E-state index contributed by atoms with van der Waals surface area (Å²) >= 11 is 0. The Hall–Kier alpha value is -1.33. The van der Waals surface area contributed by atoms with Crippen LogP contribution in [0.15, 0.2) is 27.8 Å². The molecule has 8 nitrogen and oxygen atoms in total. The van der Waals surface area contributed by atoms with Gasteiger partial charge in [-0.3, -0.25) is 9.79 Å². The van der Waals surface area contributed by atoms with Crippen LogP contribution in [0.4, 0.5) is 0 Å². The minimum Gasteiger partial charge on any atom is -0.459 e. The van der Waals surface area contributed by atoms with E-state index in [0.29, 0.717) is 32.1 Å². The molecular weight excluding hydrogens is 487 g/mol. The topological polar surface area (TPSA) is 79.5 Å². The number of amides is 1. The Morgan fingerprint density at radius 3 is 2.76 bits per heavy atom. The second-order valence-corrected chi connectivity index (χ2v) is 7.06. The number of piperazine rings is 1. The summed E-state index contributed by atoms with van der Waals surface area (Å²) in [4.78, 5) is 21.1. The fourth-order valence-corrected chi connectivity index (χ4v) is 3.45. The van der Waals surface area contributed by atoms with E-state index in [9.17, 15) is 4.79 Å². The predicted molar refractivity (Wildman–Crippen MR) is 122 cm³/mol. The molecule has 1 N–H and O–H groups in total. The molecule has 0 aromatic carbocycles. The third-order valence-corrected chi connectivity index (χ3v) is 4.97. The van der Waals surface area contributed by atoms with Crippen LogP contribution < -0.4 is 5.32 Å². The predicted octanol–water partition coefficient (Wildman–Crippen LogP) is 2.21. The molecule has 2 saturated heterocycles. The van der Waals surface area contributed by atoms with Gasteiger partial charge in [-0.15, -0.1) is 24.0 Å². The van der Waals surface area contributed by atoms with Crippen LogP contribution >= 0.6 is 24.0 Å². The number of hydrogen-bond donors (Lipinski definition) is 1. The lowest BCUT2D eigenvalue weighted by atomic mass is 10.2. The zero-order valence-electron chi connectivity index (χ0n) is 17.2. The molecule has 2 fully saturated rings. The van der Waals surface area contributed by atoms with Crippen LogP contribution in [0, 0.1) is 0 Å². The van der Waals surface area contributed by atoms with E-state index in [2.05, 4.69) is 17.1 Å². The molecule has 0 radical (unpaired) electrons. The minimum atomic E-state index is -0.0463. The van der Waals surface area contributed by atoms with Crippen molar-refractivity contribution in [2.75, 3.05) is 59.1 Å². The van der Waals surface area contributed by atoms with E-state index in [0.717, 1.165) is 58.0 Å². The monoisotopic (exact) mass is 520 g/mol. The largest absolute Gasteiger partial charge is 0.459 e. The third-order valence-electron chi connectivity index (χ3n) is 4.97. The van der Waals surface area contributed by atoms with E-state index in [1.165, 1.54) is 6.26 Å². The maximum absolute atomic E-state index is 12.4. The van der Waals surface area contributed by atoms with Crippen LogP contribution in [-0.2, 0) is 9.47 Å². The number of ether oxygens (including phenoxy) is 2. The maximum Gasteiger partial charge on any atom is 0.289 e. The second-order valence-electron chi connectivity index (χ2n) is 7.06. The van der Waals surface area contributed by atoms with Gasteiger partial charge in [0.05, 0.1) is 19.0 Å². The first-order valence-corrected chi connectivity index (χ1v) is 10.3. The van der Waals surface area contributed by atoms with Gasteiger partial charge < -0.3 is 29.0 Å². The molecule has 1 aromatic heterocycles. The highest BCUT2D eigenvalue weighted by Crippen LogP contribution is 2.12. The van der Waals surface area contributed by atoms with Crippen LogP contribution in [0.25, 0.3) is 0 Å². The van der Waals surface area contributed by atoms with Gasteiger partial charge in [-0.2, -0.15) is 0 Å². The van der Waals surface area contributed by atoms with E-state index in [-0.39, 0.29) is 36.0 Å². The fourth-order valence-electron chi connectivity index (χ4n) is 3.45. The van der Waals surface area contributed by atoms with Gasteiger partial charge in [0, 0.05) is 52.5 Å². The van der Waals surface area contributed by atoms with Crippen LogP contribution in [0.2, 0.25) is 0 Å². The molecular formula is C20H33IN4O4. The van der Waals surface area contributed by atoms with E-state index >= 15 is 0 Å². The number of halogens is 1. The molecule has 2 aliphatic heterocycles. The minimum absolute atomic E-state index is 0. The SMILES string of the molecule is CCNC(=NCCCOCC1CCCO1)N1CCN(C(=O)c2ccco2)CC1.I. The molecule has 1 unspecified atom stereocenters. The molecule has 0 spiro atoms. The Bertz CT molecular complexity index is 612. The summed E-state index contributed by atoms with van der Waals surface area (Å²) in [6.07, 6.45) is 4.95. The number of carbonyl (C=O) groups is 1. The quantitative estimate of drug-likeness (QED) is 0.245. The lowest BCUT2D eigenvalue weighted by molar-refractivity contribution is 0.0170. The summed E-state index contributed by atoms with van der Waals surface area (Å²) in [7, 11) is 0. The van der Waals surface area contributed by atoms with E-state index < -0.39 is 0 Å². The van der Waals surface area contributed by atoms with Crippen molar-refractivity contribution in [2.24, 2.45) is 4.99 Å². The molecule has 2 aliphatic rings. The third kappa shape index (κ3) is 7.45. The van der Waals surface area contributed by atoms with E-state index in [4.69, 9.17) is 18.9 Å². The highest BCUT2D eigenvalue weighted by Gasteiger charge is 2.25. The average Bonchev–Trinajstić information content (AvgIpc) is 3.43. The normalized spacial score (nSPS) is 19.9. The number of hydrogen-bond acceptors (Lipinski definition) is 5. The number of aliphatic imine (C=N–C) groups is 1. The van der Waals surface area contributed by atoms with Crippen LogP contribution in [0.5, 0.6) is 0 Å². The molecule has 164 valence electrons. The molecule has 1 atom stereocenters. The van der Waals surface area contributed by atoms with E-state index in [1.54, 1.807) is 12.1 Å². The maximum atomic E-state index is 12.4. The summed E-state index contributed by atoms with van der Waals surface area (Å²) in [5.74, 6) is 1.26. The molecule has 3 rings (SSSR count). The average molecular weight is 520 g/mol. The fraction of sp³-hybridized carbons (Fsp3) is 0.700. The number of guanidine groups is 1. The van der Waals surface area contributed by atoms with Crippen molar-refractivity contribution < 1.29 is 18.7 Å². The standard InChI is InChI=1S/C20H32N4O4.HI/c1-2-21-20(22-8-5-13-26-16-17-6-3-14-27-17)24-11-9-23(10-12-24)19(25)18-7-4-15-28-18;/h4,7,15,17H,2-3,5-6,8-14,16H2,1H3,(H,21,22);1H. The van der Waals surface area contributed by atoms with Crippen molar-refractivity contribution in [1.29, 1.82) is 0 Å². The number of furan rings is 1. The lowest BCUT2D eigenvalue weighted by Crippen LogP contribution is -2.53.